The first kappa shape index (κ1) is 27.3. The number of alkyl halides is 3. The molecule has 0 aliphatic rings. The van der Waals surface area contributed by atoms with Crippen LogP contribution in [0.5, 0.6) is 0 Å². The minimum absolute atomic E-state index is 0.0545. The van der Waals surface area contributed by atoms with Crippen molar-refractivity contribution < 1.29 is 22.8 Å². The molecule has 0 bridgehead atoms. The molecule has 0 atom stereocenters. The Kier molecular flexibility index (Phi) is 8.45. The van der Waals surface area contributed by atoms with E-state index in [1.807, 2.05) is 0 Å². The second-order valence-corrected chi connectivity index (χ2v) is 9.06. The number of anilines is 1. The fourth-order valence-electron chi connectivity index (χ4n) is 2.45. The van der Waals surface area contributed by atoms with Gasteiger partial charge in [-0.1, -0.05) is 29.8 Å². The first-order chi connectivity index (χ1) is 15.7. The van der Waals surface area contributed by atoms with Gasteiger partial charge in [0.05, 0.1) is 27.4 Å². The molecule has 0 aliphatic carbocycles. The zero-order valence-electron chi connectivity index (χ0n) is 18.1. The molecule has 0 saturated heterocycles. The van der Waals surface area contributed by atoms with E-state index in [0.717, 1.165) is 17.5 Å². The lowest BCUT2D eigenvalue weighted by molar-refractivity contribution is -0.137. The Morgan fingerprint density at radius 1 is 1.26 bits per heavy atom. The van der Waals surface area contributed by atoms with Gasteiger partial charge in [-0.25, -0.2) is 15.0 Å². The van der Waals surface area contributed by atoms with Gasteiger partial charge in [-0.2, -0.15) is 13.2 Å². The Balaban J connectivity index is 2.20. The predicted octanol–water partition coefficient (Wildman–Crippen LogP) is 4.83. The molecule has 0 unspecified atom stereocenters. The zero-order chi connectivity index (χ0) is 25.8. The number of aromatic nitrogens is 2. The third-order valence-corrected chi connectivity index (χ3v) is 6.32. The van der Waals surface area contributed by atoms with Gasteiger partial charge in [0.1, 0.15) is 21.5 Å². The van der Waals surface area contributed by atoms with Crippen LogP contribution in [0.3, 0.4) is 0 Å². The first-order valence-corrected chi connectivity index (χ1v) is 10.9. The number of hydrogen-bond donors (Lipinski definition) is 3. The van der Waals surface area contributed by atoms with Crippen molar-refractivity contribution in [2.45, 2.75) is 32.5 Å². The number of hydrogen-bond acceptors (Lipinski definition) is 6. The number of carbonyl (C=O) groups excluding carboxylic acids is 2. The molecule has 14 heteroatoms. The molecule has 0 fully saturated rings. The SMILES string of the molecule is C=CN=C(N)/C(Cl)=C(\C)C(=O)NC(C)(C)c1ncc(C(=O)Nc2cc(C(F)(F)F)c(Cl)cn2)s1. The van der Waals surface area contributed by atoms with Crippen LogP contribution < -0.4 is 16.4 Å². The second kappa shape index (κ2) is 10.5. The molecule has 4 N–H and O–H groups in total. The summed E-state index contributed by atoms with van der Waals surface area (Å²) in [6.45, 7) is 8.14. The van der Waals surface area contributed by atoms with E-state index in [-0.39, 0.29) is 27.1 Å². The molecule has 0 aliphatic heterocycles. The molecule has 2 aromatic heterocycles. The summed E-state index contributed by atoms with van der Waals surface area (Å²) < 4.78 is 39.1. The van der Waals surface area contributed by atoms with Gasteiger partial charge < -0.3 is 16.4 Å². The molecule has 0 saturated carbocycles. The molecular weight excluding hydrogens is 516 g/mol. The third kappa shape index (κ3) is 6.55. The number of carbonyl (C=O) groups is 2. The first-order valence-electron chi connectivity index (χ1n) is 9.31. The summed E-state index contributed by atoms with van der Waals surface area (Å²) in [7, 11) is 0. The van der Waals surface area contributed by atoms with Gasteiger partial charge >= 0.3 is 6.18 Å². The number of nitrogens with two attached hydrogens (primary N) is 1. The normalized spacial score (nSPS) is 13.2. The number of nitrogens with one attached hydrogen (secondary N) is 2. The minimum Gasteiger partial charge on any atom is -0.382 e. The second-order valence-electron chi connectivity index (χ2n) is 7.25. The Morgan fingerprint density at radius 3 is 2.50 bits per heavy atom. The maximum Gasteiger partial charge on any atom is 0.418 e. The fraction of sp³-hybridized carbons (Fsp3) is 0.250. The summed E-state index contributed by atoms with van der Waals surface area (Å²) in [5.74, 6) is -1.71. The topological polar surface area (TPSA) is 122 Å². The van der Waals surface area contributed by atoms with E-state index in [0.29, 0.717) is 11.1 Å². The molecule has 2 rings (SSSR count). The lowest BCUT2D eigenvalue weighted by Crippen LogP contribution is -2.41. The van der Waals surface area contributed by atoms with Crippen LogP contribution in [0.15, 0.2) is 46.8 Å². The number of rotatable bonds is 7. The van der Waals surface area contributed by atoms with Crippen molar-refractivity contribution >= 4 is 58.0 Å². The number of amidine groups is 1. The van der Waals surface area contributed by atoms with Gasteiger partial charge in [0, 0.05) is 18.0 Å². The maximum atomic E-state index is 13.0. The van der Waals surface area contributed by atoms with Crippen molar-refractivity contribution in [1.82, 2.24) is 15.3 Å². The highest BCUT2D eigenvalue weighted by molar-refractivity contribution is 7.13. The number of halogens is 5. The highest BCUT2D eigenvalue weighted by Crippen LogP contribution is 2.35. The Bertz CT molecular complexity index is 1190. The number of thiazole rings is 1. The van der Waals surface area contributed by atoms with E-state index in [1.54, 1.807) is 13.8 Å². The van der Waals surface area contributed by atoms with Gasteiger partial charge in [-0.15, -0.1) is 11.3 Å². The summed E-state index contributed by atoms with van der Waals surface area (Å²) >= 11 is 12.5. The zero-order valence-corrected chi connectivity index (χ0v) is 20.4. The van der Waals surface area contributed by atoms with Crippen LogP contribution in [0.4, 0.5) is 19.0 Å². The molecule has 0 spiro atoms. The van der Waals surface area contributed by atoms with E-state index >= 15 is 0 Å². The van der Waals surface area contributed by atoms with Crippen molar-refractivity contribution in [3.05, 3.63) is 62.3 Å². The van der Waals surface area contributed by atoms with Crippen LogP contribution in [-0.2, 0) is 16.5 Å². The van der Waals surface area contributed by atoms with Crippen molar-refractivity contribution in [1.29, 1.82) is 0 Å². The van der Waals surface area contributed by atoms with Gasteiger partial charge in [0.25, 0.3) is 5.91 Å². The monoisotopic (exact) mass is 534 g/mol. The standard InChI is InChI=1S/C20H19Cl2F3N6O2S/c1-5-27-15(26)14(22)9(2)16(32)31-19(3,4)18-29-8-12(34-18)17(33)30-13-6-10(20(23,24)25)11(21)7-28-13/h5-8H,1H2,2-4H3,(H2,26,27)(H,31,32)(H,28,30,33)/b14-9-. The maximum absolute atomic E-state index is 13.0. The van der Waals surface area contributed by atoms with Crippen LogP contribution >= 0.6 is 34.5 Å². The van der Waals surface area contributed by atoms with E-state index in [4.69, 9.17) is 28.9 Å². The summed E-state index contributed by atoms with van der Waals surface area (Å²) in [5, 5.41) is 4.71. The molecule has 0 aromatic carbocycles. The van der Waals surface area contributed by atoms with Crippen molar-refractivity contribution in [2.24, 2.45) is 10.7 Å². The lowest BCUT2D eigenvalue weighted by Gasteiger charge is -2.24. The molecule has 0 radical (unpaired) electrons. The number of amides is 2. The average molecular weight is 535 g/mol. The third-order valence-electron chi connectivity index (χ3n) is 4.22. The van der Waals surface area contributed by atoms with Gasteiger partial charge in [-0.3, -0.25) is 9.59 Å². The average Bonchev–Trinajstić information content (AvgIpc) is 3.24. The molecule has 2 heterocycles. The fourth-order valence-corrected chi connectivity index (χ4v) is 3.66. The van der Waals surface area contributed by atoms with Crippen LogP contribution in [0.25, 0.3) is 0 Å². The van der Waals surface area contributed by atoms with Crippen molar-refractivity contribution in [3.63, 3.8) is 0 Å². The largest absolute Gasteiger partial charge is 0.418 e. The molecule has 182 valence electrons. The van der Waals surface area contributed by atoms with E-state index in [1.165, 1.54) is 19.3 Å². The Hall–Kier alpha value is -2.96. The van der Waals surface area contributed by atoms with Gasteiger partial charge in [0.15, 0.2) is 0 Å². The quantitative estimate of drug-likeness (QED) is 0.267. The molecule has 8 nitrogen and oxygen atoms in total. The van der Waals surface area contributed by atoms with Crippen LogP contribution in [0.2, 0.25) is 5.02 Å². The lowest BCUT2D eigenvalue weighted by atomic mass is 10.1. The van der Waals surface area contributed by atoms with E-state index in [2.05, 4.69) is 32.2 Å². The molecule has 2 aromatic rings. The predicted molar refractivity (Wildman–Crippen MR) is 126 cm³/mol. The molecular formula is C20H19Cl2F3N6O2S. The summed E-state index contributed by atoms with van der Waals surface area (Å²) in [4.78, 5) is 36.8. The minimum atomic E-state index is -4.71. The Morgan fingerprint density at radius 2 is 1.91 bits per heavy atom. The van der Waals surface area contributed by atoms with Gasteiger partial charge in [-0.05, 0) is 26.8 Å². The van der Waals surface area contributed by atoms with Crippen molar-refractivity contribution in [2.75, 3.05) is 5.32 Å². The van der Waals surface area contributed by atoms with Crippen LogP contribution in [-0.4, -0.2) is 27.6 Å². The number of nitrogens with zero attached hydrogens (tertiary/aromatic N) is 3. The summed E-state index contributed by atoms with van der Waals surface area (Å²) in [6, 6.07) is 0.632. The van der Waals surface area contributed by atoms with Gasteiger partial charge in [0.2, 0.25) is 5.91 Å². The highest BCUT2D eigenvalue weighted by Gasteiger charge is 2.34. The number of aliphatic imine (C=N–C) groups is 1. The van der Waals surface area contributed by atoms with Crippen LogP contribution in [0, 0.1) is 0 Å². The number of pyridine rings is 1. The molecule has 34 heavy (non-hydrogen) atoms. The van der Waals surface area contributed by atoms with E-state index in [9.17, 15) is 22.8 Å². The highest BCUT2D eigenvalue weighted by atomic mass is 35.5. The van der Waals surface area contributed by atoms with Crippen LogP contribution in [0.1, 0.15) is 41.0 Å². The Labute approximate surface area is 206 Å². The van der Waals surface area contributed by atoms with Crippen molar-refractivity contribution in [3.8, 4) is 0 Å². The smallest absolute Gasteiger partial charge is 0.382 e. The summed E-state index contributed by atoms with van der Waals surface area (Å²) in [5.41, 5.74) is 3.59. The summed E-state index contributed by atoms with van der Waals surface area (Å²) in [6.07, 6.45) is -1.51. The van der Waals surface area contributed by atoms with E-state index < -0.39 is 34.1 Å². The molecule has 2 amide bonds.